The minimum Gasteiger partial charge on any atom is -0.384 e. The van der Waals surface area contributed by atoms with Crippen molar-refractivity contribution in [3.05, 3.63) is 54.0 Å². The van der Waals surface area contributed by atoms with Crippen molar-refractivity contribution in [2.24, 2.45) is 5.73 Å². The summed E-state index contributed by atoms with van der Waals surface area (Å²) >= 11 is 0. The minimum absolute atomic E-state index is 0. The first-order chi connectivity index (χ1) is 9.15. The molecule has 7 heteroatoms. The van der Waals surface area contributed by atoms with Crippen LogP contribution in [0.25, 0.3) is 16.9 Å². The van der Waals surface area contributed by atoms with Gasteiger partial charge in [0.2, 0.25) is 0 Å². The summed E-state index contributed by atoms with van der Waals surface area (Å²) in [6.07, 6.45) is 3.51. The molecule has 2 heterocycles. The molecule has 21 heavy (non-hydrogen) atoms. The molecular weight excluding hydrogens is 309 g/mol. The molecule has 2 aromatic heterocycles. The second-order valence-electron chi connectivity index (χ2n) is 4.42. The van der Waals surface area contributed by atoms with Gasteiger partial charge >= 0.3 is 0 Å². The standard InChI is InChI=1S/C14H13N5.2ClH/c1-9-4-5-17-13(6-9)19-8-18-11-7-10(14(15)16)2-3-12(11)19;;/h2-8H,1H3,(H3,15,16);2*1H. The molecule has 5 nitrogen and oxygen atoms in total. The van der Waals surface area contributed by atoms with Crippen LogP contribution in [0.4, 0.5) is 0 Å². The van der Waals surface area contributed by atoms with Crippen LogP contribution in [0.2, 0.25) is 0 Å². The number of aryl methyl sites for hydroxylation is 1. The number of amidine groups is 1. The number of nitrogens with zero attached hydrogens (tertiary/aromatic N) is 3. The van der Waals surface area contributed by atoms with Gasteiger partial charge in [0.15, 0.2) is 0 Å². The van der Waals surface area contributed by atoms with Crippen LogP contribution in [0.3, 0.4) is 0 Å². The number of pyridine rings is 1. The number of hydrogen-bond acceptors (Lipinski definition) is 3. The van der Waals surface area contributed by atoms with Crippen LogP contribution in [0, 0.1) is 12.3 Å². The molecule has 0 spiro atoms. The normalized spacial score (nSPS) is 9.76. The minimum atomic E-state index is 0. The molecule has 0 bridgehead atoms. The molecule has 0 saturated heterocycles. The van der Waals surface area contributed by atoms with Crippen molar-refractivity contribution in [2.45, 2.75) is 6.92 Å². The van der Waals surface area contributed by atoms with Gasteiger partial charge in [-0.3, -0.25) is 9.98 Å². The fourth-order valence-corrected chi connectivity index (χ4v) is 2.01. The third-order valence-corrected chi connectivity index (χ3v) is 3.01. The highest BCUT2D eigenvalue weighted by Crippen LogP contribution is 2.18. The van der Waals surface area contributed by atoms with Gasteiger partial charge in [0, 0.05) is 11.8 Å². The number of imidazole rings is 1. The lowest BCUT2D eigenvalue weighted by atomic mass is 10.2. The number of nitrogens with one attached hydrogen (secondary N) is 1. The molecule has 0 radical (unpaired) electrons. The fraction of sp³-hybridized carbons (Fsp3) is 0.0714. The molecule has 0 aliphatic heterocycles. The van der Waals surface area contributed by atoms with Crippen LogP contribution < -0.4 is 5.73 Å². The quantitative estimate of drug-likeness (QED) is 0.562. The number of fused-ring (bicyclic) bond motifs is 1. The Labute approximate surface area is 134 Å². The number of benzene rings is 1. The number of nitrogens with two attached hydrogens (primary N) is 1. The number of nitrogen functional groups attached to an aromatic ring is 1. The molecule has 0 amide bonds. The first-order valence-corrected chi connectivity index (χ1v) is 5.90. The smallest absolute Gasteiger partial charge is 0.138 e. The van der Waals surface area contributed by atoms with E-state index in [0.29, 0.717) is 5.56 Å². The zero-order valence-corrected chi connectivity index (χ0v) is 12.9. The van der Waals surface area contributed by atoms with Gasteiger partial charge in [-0.2, -0.15) is 0 Å². The van der Waals surface area contributed by atoms with Gasteiger partial charge in [-0.25, -0.2) is 9.97 Å². The summed E-state index contributed by atoms with van der Waals surface area (Å²) in [7, 11) is 0. The molecule has 0 fully saturated rings. The topological polar surface area (TPSA) is 80.6 Å². The second kappa shape index (κ2) is 6.56. The van der Waals surface area contributed by atoms with E-state index in [9.17, 15) is 0 Å². The van der Waals surface area contributed by atoms with Crippen molar-refractivity contribution in [3.63, 3.8) is 0 Å². The van der Waals surface area contributed by atoms with Crippen molar-refractivity contribution >= 4 is 41.7 Å². The van der Waals surface area contributed by atoms with E-state index in [4.69, 9.17) is 11.1 Å². The van der Waals surface area contributed by atoms with E-state index in [1.54, 1.807) is 12.5 Å². The predicted octanol–water partition coefficient (Wildman–Crippen LogP) is 2.86. The highest BCUT2D eigenvalue weighted by molar-refractivity contribution is 5.98. The summed E-state index contributed by atoms with van der Waals surface area (Å²) in [4.78, 5) is 8.68. The third kappa shape index (κ3) is 3.15. The fourth-order valence-electron chi connectivity index (χ4n) is 2.01. The Morgan fingerprint density at radius 2 is 1.90 bits per heavy atom. The Balaban J connectivity index is 0.00000110. The lowest BCUT2D eigenvalue weighted by Crippen LogP contribution is -2.10. The van der Waals surface area contributed by atoms with E-state index in [0.717, 1.165) is 22.4 Å². The summed E-state index contributed by atoms with van der Waals surface area (Å²) < 4.78 is 1.92. The van der Waals surface area contributed by atoms with Crippen molar-refractivity contribution in [3.8, 4) is 5.82 Å². The molecule has 0 aliphatic rings. The van der Waals surface area contributed by atoms with Crippen LogP contribution in [0.1, 0.15) is 11.1 Å². The van der Waals surface area contributed by atoms with Gasteiger partial charge in [-0.1, -0.05) is 0 Å². The van der Waals surface area contributed by atoms with E-state index < -0.39 is 0 Å². The highest BCUT2D eigenvalue weighted by atomic mass is 35.5. The van der Waals surface area contributed by atoms with Gasteiger partial charge in [0.25, 0.3) is 0 Å². The molecule has 0 atom stereocenters. The van der Waals surface area contributed by atoms with E-state index in [1.165, 1.54) is 0 Å². The average molecular weight is 324 g/mol. The van der Waals surface area contributed by atoms with Gasteiger partial charge in [0.05, 0.1) is 11.0 Å². The maximum Gasteiger partial charge on any atom is 0.138 e. The largest absolute Gasteiger partial charge is 0.384 e. The summed E-state index contributed by atoms with van der Waals surface area (Å²) in [5.41, 5.74) is 9.05. The van der Waals surface area contributed by atoms with Crippen molar-refractivity contribution in [1.29, 1.82) is 5.41 Å². The average Bonchev–Trinajstić information content (AvgIpc) is 2.81. The Morgan fingerprint density at radius 1 is 1.14 bits per heavy atom. The molecule has 3 N–H and O–H groups in total. The predicted molar refractivity (Wildman–Crippen MR) is 89.1 cm³/mol. The zero-order chi connectivity index (χ0) is 13.4. The van der Waals surface area contributed by atoms with Crippen LogP contribution >= 0.6 is 24.8 Å². The van der Waals surface area contributed by atoms with E-state index in [1.807, 2.05) is 41.8 Å². The second-order valence-corrected chi connectivity index (χ2v) is 4.42. The molecule has 3 aromatic rings. The van der Waals surface area contributed by atoms with Crippen LogP contribution in [0.5, 0.6) is 0 Å². The van der Waals surface area contributed by atoms with Gasteiger partial charge in [-0.15, -0.1) is 24.8 Å². The van der Waals surface area contributed by atoms with Crippen molar-refractivity contribution in [1.82, 2.24) is 14.5 Å². The number of rotatable bonds is 2. The molecule has 0 unspecified atom stereocenters. The molecule has 0 saturated carbocycles. The lowest BCUT2D eigenvalue weighted by molar-refractivity contribution is 1.02. The maximum absolute atomic E-state index is 7.44. The van der Waals surface area contributed by atoms with Gasteiger partial charge in [-0.05, 0) is 42.8 Å². The van der Waals surface area contributed by atoms with Crippen LogP contribution in [0.15, 0.2) is 42.9 Å². The van der Waals surface area contributed by atoms with E-state index in [-0.39, 0.29) is 30.6 Å². The Bertz CT molecular complexity index is 782. The van der Waals surface area contributed by atoms with Crippen molar-refractivity contribution in [2.75, 3.05) is 0 Å². The van der Waals surface area contributed by atoms with E-state index in [2.05, 4.69) is 9.97 Å². The zero-order valence-electron chi connectivity index (χ0n) is 11.3. The molecular formula is C14H15Cl2N5. The SMILES string of the molecule is Cc1ccnc(-n2cnc3cc(C(=N)N)ccc32)c1.Cl.Cl. The Hall–Kier alpha value is -2.11. The summed E-state index contributed by atoms with van der Waals surface area (Å²) in [6.45, 7) is 2.03. The van der Waals surface area contributed by atoms with Crippen LogP contribution in [-0.2, 0) is 0 Å². The molecule has 3 rings (SSSR count). The number of halogens is 2. The summed E-state index contributed by atoms with van der Waals surface area (Å²) in [5, 5.41) is 7.44. The highest BCUT2D eigenvalue weighted by Gasteiger charge is 2.07. The van der Waals surface area contributed by atoms with Gasteiger partial charge < -0.3 is 5.73 Å². The van der Waals surface area contributed by atoms with Crippen molar-refractivity contribution < 1.29 is 0 Å². The molecule has 110 valence electrons. The number of aromatic nitrogens is 3. The molecule has 1 aromatic carbocycles. The Kier molecular flexibility index (Phi) is 5.29. The monoisotopic (exact) mass is 323 g/mol. The third-order valence-electron chi connectivity index (χ3n) is 3.01. The summed E-state index contributed by atoms with van der Waals surface area (Å²) in [6, 6.07) is 9.49. The summed E-state index contributed by atoms with van der Waals surface area (Å²) in [5.74, 6) is 0.878. The van der Waals surface area contributed by atoms with E-state index >= 15 is 0 Å². The maximum atomic E-state index is 7.44. The lowest BCUT2D eigenvalue weighted by Gasteiger charge is -2.04. The van der Waals surface area contributed by atoms with Crippen LogP contribution in [-0.4, -0.2) is 20.4 Å². The first-order valence-electron chi connectivity index (χ1n) is 5.90. The first kappa shape index (κ1) is 16.9. The number of hydrogen-bond donors (Lipinski definition) is 2. The molecule has 0 aliphatic carbocycles. The van der Waals surface area contributed by atoms with Gasteiger partial charge in [0.1, 0.15) is 18.0 Å². The Morgan fingerprint density at radius 3 is 2.57 bits per heavy atom.